The van der Waals surface area contributed by atoms with Crippen LogP contribution in [0.5, 0.6) is 0 Å². The number of aryl methyl sites for hydroxylation is 1. The highest BCUT2D eigenvalue weighted by molar-refractivity contribution is 5.76. The van der Waals surface area contributed by atoms with Gasteiger partial charge in [0.2, 0.25) is 5.91 Å². The van der Waals surface area contributed by atoms with Crippen molar-refractivity contribution in [3.8, 4) is 0 Å². The molecule has 0 spiro atoms. The highest BCUT2D eigenvalue weighted by Crippen LogP contribution is 2.10. The second-order valence-corrected chi connectivity index (χ2v) is 3.40. The van der Waals surface area contributed by atoms with E-state index in [1.165, 1.54) is 5.56 Å². The van der Waals surface area contributed by atoms with Gasteiger partial charge in [0.05, 0.1) is 0 Å². The first-order valence-electron chi connectivity index (χ1n) is 5.29. The summed E-state index contributed by atoms with van der Waals surface area (Å²) in [7, 11) is 1.65. The van der Waals surface area contributed by atoms with Gasteiger partial charge in [0.15, 0.2) is 0 Å². The van der Waals surface area contributed by atoms with Crippen molar-refractivity contribution in [2.75, 3.05) is 18.9 Å². The maximum atomic E-state index is 11.0. The van der Waals surface area contributed by atoms with E-state index in [1.54, 1.807) is 7.05 Å². The zero-order valence-corrected chi connectivity index (χ0v) is 9.34. The van der Waals surface area contributed by atoms with E-state index in [9.17, 15) is 4.79 Å². The van der Waals surface area contributed by atoms with Crippen LogP contribution in [0.15, 0.2) is 24.3 Å². The molecule has 2 N–H and O–H groups in total. The molecule has 0 aromatic heterocycles. The quantitative estimate of drug-likeness (QED) is 0.771. The molecule has 0 unspecified atom stereocenters. The van der Waals surface area contributed by atoms with Gasteiger partial charge in [-0.25, -0.2) is 0 Å². The van der Waals surface area contributed by atoms with Crippen LogP contribution in [0, 0.1) is 0 Å². The summed E-state index contributed by atoms with van der Waals surface area (Å²) in [4.78, 5) is 11.0. The lowest BCUT2D eigenvalue weighted by Crippen LogP contribution is -2.20. The Labute approximate surface area is 90.9 Å². The lowest BCUT2D eigenvalue weighted by molar-refractivity contribution is -0.120. The third-order valence-electron chi connectivity index (χ3n) is 2.30. The van der Waals surface area contributed by atoms with Crippen LogP contribution in [0.3, 0.4) is 0 Å². The SMILES string of the molecule is CCc1cccc(NCCC(=O)NC)c1. The van der Waals surface area contributed by atoms with Gasteiger partial charge in [-0.05, 0) is 24.1 Å². The standard InChI is InChI=1S/C12H18N2O/c1-3-10-5-4-6-11(9-10)14-8-7-12(15)13-2/h4-6,9,14H,3,7-8H2,1-2H3,(H,13,15). The van der Waals surface area contributed by atoms with Crippen molar-refractivity contribution in [1.82, 2.24) is 5.32 Å². The van der Waals surface area contributed by atoms with Crippen LogP contribution in [0.2, 0.25) is 0 Å². The Balaban J connectivity index is 2.40. The smallest absolute Gasteiger partial charge is 0.221 e. The minimum Gasteiger partial charge on any atom is -0.385 e. The molecule has 1 amide bonds. The summed E-state index contributed by atoms with van der Waals surface area (Å²) in [5.41, 5.74) is 2.39. The first-order chi connectivity index (χ1) is 7.26. The monoisotopic (exact) mass is 206 g/mol. The molecule has 15 heavy (non-hydrogen) atoms. The van der Waals surface area contributed by atoms with Gasteiger partial charge in [-0.3, -0.25) is 4.79 Å². The second-order valence-electron chi connectivity index (χ2n) is 3.40. The summed E-state index contributed by atoms with van der Waals surface area (Å²) in [6.45, 7) is 2.80. The van der Waals surface area contributed by atoms with E-state index in [-0.39, 0.29) is 5.91 Å². The summed E-state index contributed by atoms with van der Waals surface area (Å²) in [5.74, 6) is 0.0640. The molecule has 0 aliphatic rings. The van der Waals surface area contributed by atoms with E-state index < -0.39 is 0 Å². The number of benzene rings is 1. The van der Waals surface area contributed by atoms with Crippen LogP contribution in [0.25, 0.3) is 0 Å². The second kappa shape index (κ2) is 6.06. The Morgan fingerprint density at radius 2 is 2.20 bits per heavy atom. The lowest BCUT2D eigenvalue weighted by Gasteiger charge is -2.06. The summed E-state index contributed by atoms with van der Waals surface area (Å²) in [6.07, 6.45) is 1.54. The molecule has 1 aromatic carbocycles. The minimum atomic E-state index is 0.0640. The normalized spacial score (nSPS) is 9.73. The van der Waals surface area contributed by atoms with Gasteiger partial charge in [0, 0.05) is 25.7 Å². The van der Waals surface area contributed by atoms with Crippen molar-refractivity contribution in [3.63, 3.8) is 0 Å². The minimum absolute atomic E-state index is 0.0640. The molecular formula is C12H18N2O. The van der Waals surface area contributed by atoms with Gasteiger partial charge in [0.1, 0.15) is 0 Å². The maximum Gasteiger partial charge on any atom is 0.221 e. The number of amides is 1. The van der Waals surface area contributed by atoms with Gasteiger partial charge in [-0.15, -0.1) is 0 Å². The molecule has 0 saturated carbocycles. The Morgan fingerprint density at radius 1 is 1.40 bits per heavy atom. The van der Waals surface area contributed by atoms with Gasteiger partial charge in [-0.2, -0.15) is 0 Å². The summed E-state index contributed by atoms with van der Waals surface area (Å²) < 4.78 is 0. The molecular weight excluding hydrogens is 188 g/mol. The van der Waals surface area contributed by atoms with E-state index in [1.807, 2.05) is 12.1 Å². The molecule has 82 valence electrons. The number of rotatable bonds is 5. The zero-order chi connectivity index (χ0) is 11.1. The average molecular weight is 206 g/mol. The largest absolute Gasteiger partial charge is 0.385 e. The molecule has 0 aliphatic carbocycles. The van der Waals surface area contributed by atoms with E-state index in [0.717, 1.165) is 12.1 Å². The van der Waals surface area contributed by atoms with Crippen LogP contribution >= 0.6 is 0 Å². The molecule has 3 heteroatoms. The van der Waals surface area contributed by atoms with Crippen LogP contribution in [0.1, 0.15) is 18.9 Å². The molecule has 0 radical (unpaired) electrons. The zero-order valence-electron chi connectivity index (χ0n) is 9.34. The summed E-state index contributed by atoms with van der Waals surface area (Å²) >= 11 is 0. The summed E-state index contributed by atoms with van der Waals surface area (Å²) in [5, 5.41) is 5.82. The van der Waals surface area contributed by atoms with Gasteiger partial charge in [-0.1, -0.05) is 19.1 Å². The van der Waals surface area contributed by atoms with Crippen molar-refractivity contribution in [2.45, 2.75) is 19.8 Å². The molecule has 0 heterocycles. The first kappa shape index (κ1) is 11.6. The summed E-state index contributed by atoms with van der Waals surface area (Å²) in [6, 6.07) is 8.26. The van der Waals surface area contributed by atoms with Crippen molar-refractivity contribution < 1.29 is 4.79 Å². The Kier molecular flexibility index (Phi) is 4.68. The molecule has 0 atom stereocenters. The molecule has 1 rings (SSSR count). The Hall–Kier alpha value is -1.51. The number of hydrogen-bond acceptors (Lipinski definition) is 2. The Morgan fingerprint density at radius 3 is 2.87 bits per heavy atom. The van der Waals surface area contributed by atoms with E-state index in [2.05, 4.69) is 29.7 Å². The topological polar surface area (TPSA) is 41.1 Å². The molecule has 0 aliphatic heterocycles. The fraction of sp³-hybridized carbons (Fsp3) is 0.417. The van der Waals surface area contributed by atoms with Crippen LogP contribution in [-0.4, -0.2) is 19.5 Å². The first-order valence-corrected chi connectivity index (χ1v) is 5.29. The average Bonchev–Trinajstić information content (AvgIpc) is 2.29. The third-order valence-corrected chi connectivity index (χ3v) is 2.30. The van der Waals surface area contributed by atoms with Gasteiger partial charge >= 0.3 is 0 Å². The number of carbonyl (C=O) groups is 1. The predicted molar refractivity (Wildman–Crippen MR) is 63.0 cm³/mol. The van der Waals surface area contributed by atoms with Crippen LogP contribution in [0.4, 0.5) is 5.69 Å². The van der Waals surface area contributed by atoms with E-state index >= 15 is 0 Å². The van der Waals surface area contributed by atoms with Crippen LogP contribution in [-0.2, 0) is 11.2 Å². The molecule has 0 fully saturated rings. The van der Waals surface area contributed by atoms with Crippen molar-refractivity contribution >= 4 is 11.6 Å². The molecule has 0 bridgehead atoms. The predicted octanol–water partition coefficient (Wildman–Crippen LogP) is 1.80. The van der Waals surface area contributed by atoms with Gasteiger partial charge < -0.3 is 10.6 Å². The lowest BCUT2D eigenvalue weighted by atomic mass is 10.1. The fourth-order valence-corrected chi connectivity index (χ4v) is 1.35. The third kappa shape index (κ3) is 4.02. The number of anilines is 1. The molecule has 3 nitrogen and oxygen atoms in total. The number of hydrogen-bond donors (Lipinski definition) is 2. The molecule has 0 saturated heterocycles. The highest BCUT2D eigenvalue weighted by Gasteiger charge is 1.97. The Bertz CT molecular complexity index is 323. The van der Waals surface area contributed by atoms with Crippen molar-refractivity contribution in [1.29, 1.82) is 0 Å². The van der Waals surface area contributed by atoms with E-state index in [4.69, 9.17) is 0 Å². The van der Waals surface area contributed by atoms with Crippen LogP contribution < -0.4 is 10.6 Å². The fourth-order valence-electron chi connectivity index (χ4n) is 1.35. The van der Waals surface area contributed by atoms with E-state index in [0.29, 0.717) is 13.0 Å². The van der Waals surface area contributed by atoms with Gasteiger partial charge in [0.25, 0.3) is 0 Å². The van der Waals surface area contributed by atoms with Crippen molar-refractivity contribution in [2.24, 2.45) is 0 Å². The maximum absolute atomic E-state index is 11.0. The number of nitrogens with one attached hydrogen (secondary N) is 2. The highest BCUT2D eigenvalue weighted by atomic mass is 16.1. The van der Waals surface area contributed by atoms with Crippen molar-refractivity contribution in [3.05, 3.63) is 29.8 Å². The molecule has 1 aromatic rings. The number of carbonyl (C=O) groups excluding carboxylic acids is 1.